The molecule has 0 saturated heterocycles. The van der Waals surface area contributed by atoms with Crippen LogP contribution < -0.4 is 5.32 Å². The van der Waals surface area contributed by atoms with Gasteiger partial charge in [-0.1, -0.05) is 12.1 Å². The van der Waals surface area contributed by atoms with E-state index < -0.39 is 0 Å². The Morgan fingerprint density at radius 1 is 1.32 bits per heavy atom. The second-order valence-corrected chi connectivity index (χ2v) is 4.70. The first-order valence-corrected chi connectivity index (χ1v) is 6.57. The molecule has 0 aliphatic carbocycles. The number of nitrogens with one attached hydrogen (secondary N) is 2. The van der Waals surface area contributed by atoms with Crippen molar-refractivity contribution in [2.24, 2.45) is 7.05 Å². The number of carbonyl (C=O) groups excluding carboxylic acids is 1. The molecule has 0 aliphatic heterocycles. The highest BCUT2D eigenvalue weighted by Crippen LogP contribution is 2.09. The summed E-state index contributed by atoms with van der Waals surface area (Å²) in [5.74, 6) is 0.132. The highest BCUT2D eigenvalue weighted by Gasteiger charge is 2.13. The van der Waals surface area contributed by atoms with Crippen molar-refractivity contribution in [1.82, 2.24) is 25.0 Å². The number of H-pyrrole nitrogens is 1. The first-order chi connectivity index (χ1) is 10.6. The Labute approximate surface area is 125 Å². The zero-order valence-electron chi connectivity index (χ0n) is 11.7. The first kappa shape index (κ1) is 13.9. The second kappa shape index (κ2) is 5.76. The van der Waals surface area contributed by atoms with Crippen LogP contribution in [0.15, 0.2) is 36.5 Å². The van der Waals surface area contributed by atoms with Gasteiger partial charge in [0.2, 0.25) is 5.95 Å². The molecule has 0 fully saturated rings. The molecule has 3 aromatic rings. The summed E-state index contributed by atoms with van der Waals surface area (Å²) >= 11 is 0. The molecule has 2 heterocycles. The highest BCUT2D eigenvalue weighted by atomic mass is 19.1. The maximum atomic E-state index is 12.8. The Hall–Kier alpha value is -3.03. The molecule has 0 radical (unpaired) electrons. The van der Waals surface area contributed by atoms with Crippen LogP contribution in [-0.4, -0.2) is 30.9 Å². The zero-order chi connectivity index (χ0) is 15.5. The zero-order valence-corrected chi connectivity index (χ0v) is 11.7. The summed E-state index contributed by atoms with van der Waals surface area (Å²) in [4.78, 5) is 16.2. The largest absolute Gasteiger partial charge is 0.288 e. The summed E-state index contributed by atoms with van der Waals surface area (Å²) in [7, 11) is 1.67. The molecule has 0 atom stereocenters. The van der Waals surface area contributed by atoms with Gasteiger partial charge in [-0.25, -0.2) is 4.39 Å². The molecule has 3 rings (SSSR count). The Morgan fingerprint density at radius 3 is 2.77 bits per heavy atom. The second-order valence-electron chi connectivity index (χ2n) is 4.70. The van der Waals surface area contributed by atoms with Gasteiger partial charge in [-0.2, -0.15) is 10.1 Å². The molecule has 0 bridgehead atoms. The van der Waals surface area contributed by atoms with Gasteiger partial charge in [0.25, 0.3) is 5.91 Å². The number of rotatable bonds is 4. The van der Waals surface area contributed by atoms with Crippen LogP contribution in [0.25, 0.3) is 0 Å². The van der Waals surface area contributed by atoms with Gasteiger partial charge >= 0.3 is 0 Å². The van der Waals surface area contributed by atoms with Crippen LogP contribution in [0, 0.1) is 5.82 Å². The molecule has 0 spiro atoms. The molecule has 1 amide bonds. The fraction of sp³-hybridized carbons (Fsp3) is 0.143. The number of hydrogen-bond acceptors (Lipinski definition) is 4. The molecule has 2 aromatic heterocycles. The van der Waals surface area contributed by atoms with E-state index in [0.29, 0.717) is 17.9 Å². The van der Waals surface area contributed by atoms with E-state index in [9.17, 15) is 9.18 Å². The van der Waals surface area contributed by atoms with Crippen LogP contribution in [0.2, 0.25) is 0 Å². The maximum absolute atomic E-state index is 12.8. The molecule has 1 aromatic carbocycles. The quantitative estimate of drug-likeness (QED) is 0.764. The van der Waals surface area contributed by atoms with Gasteiger partial charge in [-0.3, -0.25) is 19.9 Å². The van der Waals surface area contributed by atoms with E-state index in [1.165, 1.54) is 23.0 Å². The number of amides is 1. The van der Waals surface area contributed by atoms with Crippen molar-refractivity contribution >= 4 is 11.9 Å². The van der Waals surface area contributed by atoms with E-state index in [-0.39, 0.29) is 17.7 Å². The molecule has 8 heteroatoms. The van der Waals surface area contributed by atoms with Gasteiger partial charge in [-0.15, -0.1) is 5.10 Å². The van der Waals surface area contributed by atoms with Crippen LogP contribution in [0.3, 0.4) is 0 Å². The number of carbonyl (C=O) groups is 1. The minimum absolute atomic E-state index is 0.184. The van der Waals surface area contributed by atoms with Crippen molar-refractivity contribution in [1.29, 1.82) is 0 Å². The lowest BCUT2D eigenvalue weighted by atomic mass is 10.1. The predicted octanol–water partition coefficient (Wildman–Crippen LogP) is 1.52. The minimum Gasteiger partial charge on any atom is -0.288 e. The monoisotopic (exact) mass is 300 g/mol. The van der Waals surface area contributed by atoms with Crippen molar-refractivity contribution < 1.29 is 9.18 Å². The lowest BCUT2D eigenvalue weighted by molar-refractivity contribution is 0.101. The van der Waals surface area contributed by atoms with Crippen molar-refractivity contribution in [3.8, 4) is 0 Å². The lowest BCUT2D eigenvalue weighted by Crippen LogP contribution is -2.16. The maximum Gasteiger partial charge on any atom is 0.276 e. The molecule has 2 N–H and O–H groups in total. The number of anilines is 1. The van der Waals surface area contributed by atoms with Crippen molar-refractivity contribution in [2.75, 3.05) is 5.32 Å². The minimum atomic E-state index is -0.340. The Kier molecular flexibility index (Phi) is 3.65. The number of aromatic nitrogens is 5. The predicted molar refractivity (Wildman–Crippen MR) is 76.7 cm³/mol. The van der Waals surface area contributed by atoms with E-state index in [2.05, 4.69) is 25.6 Å². The van der Waals surface area contributed by atoms with Gasteiger partial charge < -0.3 is 0 Å². The molecule has 7 nitrogen and oxygen atoms in total. The van der Waals surface area contributed by atoms with Crippen LogP contribution in [0.1, 0.15) is 21.9 Å². The van der Waals surface area contributed by atoms with Gasteiger partial charge in [0, 0.05) is 19.7 Å². The molecule has 112 valence electrons. The molecular weight excluding hydrogens is 287 g/mol. The van der Waals surface area contributed by atoms with Crippen LogP contribution >= 0.6 is 0 Å². The van der Waals surface area contributed by atoms with Crippen molar-refractivity contribution in [3.05, 3.63) is 59.4 Å². The third-order valence-corrected chi connectivity index (χ3v) is 3.10. The summed E-state index contributed by atoms with van der Waals surface area (Å²) in [6.07, 6.45) is 2.00. The van der Waals surface area contributed by atoms with Crippen LogP contribution in [0.4, 0.5) is 10.3 Å². The molecule has 0 aliphatic rings. The van der Waals surface area contributed by atoms with Crippen molar-refractivity contribution in [3.63, 3.8) is 0 Å². The standard InChI is InChI=1S/C14H13FN6O/c1-21-11(6-7-16-21)13(22)18-14-17-12(19-20-14)8-9-2-4-10(15)5-3-9/h2-7H,8H2,1H3,(H2,17,18,19,20,22). The summed E-state index contributed by atoms with van der Waals surface area (Å²) < 4.78 is 14.3. The molecule has 0 saturated carbocycles. The van der Waals surface area contributed by atoms with Gasteiger partial charge in [0.05, 0.1) is 0 Å². The van der Waals surface area contributed by atoms with E-state index in [4.69, 9.17) is 0 Å². The summed E-state index contributed by atoms with van der Waals surface area (Å²) in [5.41, 5.74) is 1.30. The topological polar surface area (TPSA) is 88.5 Å². The third kappa shape index (κ3) is 3.00. The molecule has 0 unspecified atom stereocenters. The lowest BCUT2D eigenvalue weighted by Gasteiger charge is -2.00. The summed E-state index contributed by atoms with van der Waals surface area (Å²) in [6, 6.07) is 7.71. The van der Waals surface area contributed by atoms with Crippen molar-refractivity contribution in [2.45, 2.75) is 6.42 Å². The van der Waals surface area contributed by atoms with Crippen LogP contribution in [0.5, 0.6) is 0 Å². The number of aryl methyl sites for hydroxylation is 1. The van der Waals surface area contributed by atoms with E-state index in [1.807, 2.05) is 0 Å². The fourth-order valence-corrected chi connectivity index (χ4v) is 1.99. The number of nitrogens with zero attached hydrogens (tertiary/aromatic N) is 4. The van der Waals surface area contributed by atoms with Gasteiger partial charge in [-0.05, 0) is 23.8 Å². The number of aromatic amines is 1. The Bertz CT molecular complexity index is 792. The van der Waals surface area contributed by atoms with E-state index >= 15 is 0 Å². The van der Waals surface area contributed by atoms with E-state index in [0.717, 1.165) is 5.56 Å². The van der Waals surface area contributed by atoms with Crippen LogP contribution in [-0.2, 0) is 13.5 Å². The number of hydrogen-bond donors (Lipinski definition) is 2. The Morgan fingerprint density at radius 2 is 2.09 bits per heavy atom. The van der Waals surface area contributed by atoms with E-state index in [1.54, 1.807) is 25.2 Å². The number of halogens is 1. The average molecular weight is 300 g/mol. The Balaban J connectivity index is 1.67. The molecule has 22 heavy (non-hydrogen) atoms. The third-order valence-electron chi connectivity index (χ3n) is 3.10. The summed E-state index contributed by atoms with van der Waals surface area (Å²) in [6.45, 7) is 0. The van der Waals surface area contributed by atoms with Gasteiger partial charge in [0.1, 0.15) is 17.3 Å². The average Bonchev–Trinajstić information content (AvgIpc) is 3.10. The highest BCUT2D eigenvalue weighted by molar-refractivity contribution is 6.01. The summed E-state index contributed by atoms with van der Waals surface area (Å²) in [5, 5.41) is 13.2. The normalized spacial score (nSPS) is 10.6. The first-order valence-electron chi connectivity index (χ1n) is 6.57. The van der Waals surface area contributed by atoms with Gasteiger partial charge in [0.15, 0.2) is 0 Å². The fourth-order valence-electron chi connectivity index (χ4n) is 1.99. The number of benzene rings is 1. The smallest absolute Gasteiger partial charge is 0.276 e. The molecular formula is C14H13FN6O. The SMILES string of the molecule is Cn1nccc1C(=O)Nc1n[nH]c(Cc2ccc(F)cc2)n1.